The van der Waals surface area contributed by atoms with Crippen LogP contribution < -0.4 is 9.60 Å². The Morgan fingerprint density at radius 3 is 2.66 bits per heavy atom. The molecular weight excluding hydrogens is 412 g/mol. The van der Waals surface area contributed by atoms with E-state index in [1.165, 1.54) is 12.1 Å². The molecule has 4 rings (SSSR count). The highest BCUT2D eigenvalue weighted by atomic mass is 32.2. The van der Waals surface area contributed by atoms with Gasteiger partial charge in [-0.2, -0.15) is 4.98 Å². The second-order valence-electron chi connectivity index (χ2n) is 6.44. The maximum atomic E-state index is 12.6. The van der Waals surface area contributed by atoms with Crippen molar-refractivity contribution in [2.45, 2.75) is 31.8 Å². The molecular formula is C19H18N4O4S2. The fraction of sp³-hybridized carbons (Fsp3) is 0.211. The molecule has 2 aromatic heterocycles. The Labute approximate surface area is 170 Å². The van der Waals surface area contributed by atoms with Crippen molar-refractivity contribution < 1.29 is 12.9 Å². The van der Waals surface area contributed by atoms with Gasteiger partial charge in [-0.05, 0) is 32.0 Å². The van der Waals surface area contributed by atoms with E-state index in [0.29, 0.717) is 17.1 Å². The first-order chi connectivity index (χ1) is 13.9. The molecule has 4 aromatic rings. The van der Waals surface area contributed by atoms with Crippen molar-refractivity contribution in [1.29, 1.82) is 0 Å². The number of benzene rings is 2. The van der Waals surface area contributed by atoms with Crippen LogP contribution in [0.3, 0.4) is 0 Å². The van der Waals surface area contributed by atoms with Gasteiger partial charge in [-0.25, -0.2) is 13.1 Å². The van der Waals surface area contributed by atoms with Gasteiger partial charge in [-0.3, -0.25) is 9.36 Å². The predicted octanol–water partition coefficient (Wildman–Crippen LogP) is 2.92. The lowest BCUT2D eigenvalue weighted by Gasteiger charge is -2.05. The summed E-state index contributed by atoms with van der Waals surface area (Å²) in [6, 6.07) is 12.2. The molecule has 0 unspecified atom stereocenters. The normalized spacial score (nSPS) is 11.9. The Balaban J connectivity index is 1.53. The Bertz CT molecular complexity index is 1330. The second-order valence-corrected chi connectivity index (χ2v) is 9.20. The van der Waals surface area contributed by atoms with Gasteiger partial charge in [0.05, 0.1) is 21.7 Å². The van der Waals surface area contributed by atoms with E-state index in [1.807, 2.05) is 38.1 Å². The van der Waals surface area contributed by atoms with E-state index in [9.17, 15) is 13.2 Å². The van der Waals surface area contributed by atoms with Crippen molar-refractivity contribution in [3.63, 3.8) is 0 Å². The molecule has 0 aliphatic carbocycles. The first kappa shape index (κ1) is 19.5. The molecule has 29 heavy (non-hydrogen) atoms. The highest BCUT2D eigenvalue weighted by molar-refractivity contribution is 7.89. The summed E-state index contributed by atoms with van der Waals surface area (Å²) in [4.78, 5) is 16.2. The number of nitrogens with one attached hydrogen (secondary N) is 1. The number of aromatic nitrogens is 3. The topological polar surface area (TPSA) is 107 Å². The van der Waals surface area contributed by atoms with Crippen molar-refractivity contribution in [1.82, 2.24) is 19.4 Å². The standard InChI is InChI=1S/C19H18N4O4S2/c1-3-23-15-9-8-14(10-16(15)28-19(23)24)29(25,26)20-11-17-21-18(22-27-17)13-6-4-12(2)5-7-13/h4-10,20H,3,11H2,1-2H3. The van der Waals surface area contributed by atoms with Crippen LogP contribution in [0.2, 0.25) is 0 Å². The molecule has 2 aromatic carbocycles. The molecule has 0 saturated carbocycles. The van der Waals surface area contributed by atoms with Gasteiger partial charge >= 0.3 is 4.87 Å². The molecule has 0 amide bonds. The maximum absolute atomic E-state index is 12.6. The number of hydrogen-bond donors (Lipinski definition) is 1. The maximum Gasteiger partial charge on any atom is 0.308 e. The molecule has 0 aliphatic rings. The van der Waals surface area contributed by atoms with Gasteiger partial charge in [0.25, 0.3) is 0 Å². The van der Waals surface area contributed by atoms with Crippen LogP contribution >= 0.6 is 11.3 Å². The molecule has 1 N–H and O–H groups in total. The SMILES string of the molecule is CCn1c(=O)sc2cc(S(=O)(=O)NCc3nc(-c4ccc(C)cc4)no3)ccc21. The van der Waals surface area contributed by atoms with Crippen LogP contribution in [0.1, 0.15) is 18.4 Å². The minimum atomic E-state index is -3.80. The van der Waals surface area contributed by atoms with Crippen molar-refractivity contribution in [2.75, 3.05) is 0 Å². The van der Waals surface area contributed by atoms with Crippen molar-refractivity contribution in [3.05, 3.63) is 63.6 Å². The summed E-state index contributed by atoms with van der Waals surface area (Å²) in [5, 5.41) is 3.90. The lowest BCUT2D eigenvalue weighted by molar-refractivity contribution is 0.376. The third kappa shape index (κ3) is 3.86. The van der Waals surface area contributed by atoms with Crippen LogP contribution in [-0.4, -0.2) is 23.1 Å². The zero-order chi connectivity index (χ0) is 20.6. The number of thiazole rings is 1. The summed E-state index contributed by atoms with van der Waals surface area (Å²) >= 11 is 1.02. The van der Waals surface area contributed by atoms with Gasteiger partial charge < -0.3 is 4.52 Å². The van der Waals surface area contributed by atoms with Gasteiger partial charge in [-0.15, -0.1) is 0 Å². The van der Waals surface area contributed by atoms with Crippen molar-refractivity contribution in [3.8, 4) is 11.4 Å². The Hall–Kier alpha value is -2.82. The highest BCUT2D eigenvalue weighted by Gasteiger charge is 2.18. The molecule has 0 saturated heterocycles. The van der Waals surface area contributed by atoms with Crippen LogP contribution in [0, 0.1) is 6.92 Å². The van der Waals surface area contributed by atoms with Crippen LogP contribution in [0.4, 0.5) is 0 Å². The summed E-state index contributed by atoms with van der Waals surface area (Å²) in [6.07, 6.45) is 0. The lowest BCUT2D eigenvalue weighted by Crippen LogP contribution is -2.23. The Morgan fingerprint density at radius 2 is 1.93 bits per heavy atom. The second kappa shape index (κ2) is 7.54. The number of sulfonamides is 1. The fourth-order valence-corrected chi connectivity index (χ4v) is 4.97. The van der Waals surface area contributed by atoms with E-state index < -0.39 is 10.0 Å². The number of rotatable bonds is 6. The monoisotopic (exact) mass is 430 g/mol. The molecule has 2 heterocycles. The first-order valence-electron chi connectivity index (χ1n) is 8.90. The Morgan fingerprint density at radius 1 is 1.17 bits per heavy atom. The molecule has 0 aliphatic heterocycles. The number of hydrogen-bond acceptors (Lipinski definition) is 7. The van der Waals surface area contributed by atoms with Gasteiger partial charge in [0, 0.05) is 12.1 Å². The van der Waals surface area contributed by atoms with Crippen LogP contribution in [0.25, 0.3) is 21.6 Å². The average molecular weight is 431 g/mol. The largest absolute Gasteiger partial charge is 0.338 e. The summed E-state index contributed by atoms with van der Waals surface area (Å²) in [5.74, 6) is 0.554. The van der Waals surface area contributed by atoms with Gasteiger partial charge in [0.2, 0.25) is 21.7 Å². The van der Waals surface area contributed by atoms with Gasteiger partial charge in [-0.1, -0.05) is 46.3 Å². The van der Waals surface area contributed by atoms with E-state index in [0.717, 1.165) is 28.0 Å². The third-order valence-corrected chi connectivity index (χ3v) is 6.80. The molecule has 0 fully saturated rings. The van der Waals surface area contributed by atoms with Gasteiger partial charge in [0.15, 0.2) is 0 Å². The van der Waals surface area contributed by atoms with E-state index >= 15 is 0 Å². The number of nitrogens with zero attached hydrogens (tertiary/aromatic N) is 3. The third-order valence-electron chi connectivity index (χ3n) is 4.46. The zero-order valence-electron chi connectivity index (χ0n) is 15.7. The molecule has 0 bridgehead atoms. The zero-order valence-corrected chi connectivity index (χ0v) is 17.4. The molecule has 0 radical (unpaired) electrons. The number of aryl methyl sites for hydroxylation is 2. The number of fused-ring (bicyclic) bond motifs is 1. The van der Waals surface area contributed by atoms with Crippen LogP contribution in [0.15, 0.2) is 56.7 Å². The molecule has 8 nitrogen and oxygen atoms in total. The van der Waals surface area contributed by atoms with Crippen molar-refractivity contribution >= 4 is 31.6 Å². The average Bonchev–Trinajstić information content (AvgIpc) is 3.30. The molecule has 0 spiro atoms. The summed E-state index contributed by atoms with van der Waals surface area (Å²) in [6.45, 7) is 4.25. The van der Waals surface area contributed by atoms with E-state index in [-0.39, 0.29) is 22.2 Å². The first-order valence-corrected chi connectivity index (χ1v) is 11.2. The minimum absolute atomic E-state index is 0.0766. The van der Waals surface area contributed by atoms with Gasteiger partial charge in [0.1, 0.15) is 0 Å². The smallest absolute Gasteiger partial charge is 0.308 e. The van der Waals surface area contributed by atoms with Crippen LogP contribution in [-0.2, 0) is 23.1 Å². The molecule has 10 heteroatoms. The fourth-order valence-electron chi connectivity index (χ4n) is 2.90. The molecule has 150 valence electrons. The van der Waals surface area contributed by atoms with E-state index in [4.69, 9.17) is 4.52 Å². The highest BCUT2D eigenvalue weighted by Crippen LogP contribution is 2.22. The lowest BCUT2D eigenvalue weighted by atomic mass is 10.1. The summed E-state index contributed by atoms with van der Waals surface area (Å²) < 4.78 is 35.1. The molecule has 0 atom stereocenters. The minimum Gasteiger partial charge on any atom is -0.338 e. The summed E-state index contributed by atoms with van der Waals surface area (Å²) in [7, 11) is -3.80. The van der Waals surface area contributed by atoms with Crippen LogP contribution in [0.5, 0.6) is 0 Å². The van der Waals surface area contributed by atoms with Crippen molar-refractivity contribution in [2.24, 2.45) is 0 Å². The van der Waals surface area contributed by atoms with E-state index in [1.54, 1.807) is 10.6 Å². The predicted molar refractivity (Wildman–Crippen MR) is 110 cm³/mol. The Kier molecular flexibility index (Phi) is 5.07. The van der Waals surface area contributed by atoms with E-state index in [2.05, 4.69) is 14.9 Å². The summed E-state index contributed by atoms with van der Waals surface area (Å²) in [5.41, 5.74) is 2.62. The quantitative estimate of drug-likeness (QED) is 0.504.